The number of ketones is 4. The molecule has 0 aromatic carbocycles. The quantitative estimate of drug-likeness (QED) is 0.117. The molecule has 0 aliphatic carbocycles. The van der Waals surface area contributed by atoms with E-state index in [2.05, 4.69) is 40.8 Å². The first-order valence-corrected chi connectivity index (χ1v) is 13.0. The van der Waals surface area contributed by atoms with E-state index in [-0.39, 0.29) is 269 Å². The van der Waals surface area contributed by atoms with E-state index in [1.165, 1.54) is 55.4 Å². The van der Waals surface area contributed by atoms with Crippen molar-refractivity contribution in [1.29, 1.82) is 0 Å². The van der Waals surface area contributed by atoms with Gasteiger partial charge in [0.1, 0.15) is 11.6 Å². The summed E-state index contributed by atoms with van der Waals surface area (Å²) in [4.78, 5) is 84.5. The molecule has 452 valence electrons. The van der Waals surface area contributed by atoms with Crippen LogP contribution in [0.2, 0.25) is 0 Å². The zero-order valence-corrected chi connectivity index (χ0v) is 41.4. The molecule has 4 heterocycles. The molecule has 0 fully saturated rings. The van der Waals surface area contributed by atoms with Crippen LogP contribution in [0.1, 0.15) is 134 Å². The van der Waals surface area contributed by atoms with Crippen LogP contribution in [0.4, 0.5) is 0 Å². The fourth-order valence-electron chi connectivity index (χ4n) is 3.56. The Morgan fingerprint density at radius 2 is 0.431 bits per heavy atom. The van der Waals surface area contributed by atoms with Gasteiger partial charge in [-0.2, -0.15) is 0 Å². The van der Waals surface area contributed by atoms with Crippen LogP contribution in [0.25, 0.3) is 0 Å². The van der Waals surface area contributed by atoms with Crippen LogP contribution >= 0.6 is 0 Å². The van der Waals surface area contributed by atoms with E-state index in [0.29, 0.717) is 0 Å². The third-order valence-electron chi connectivity index (χ3n) is 5.95. The maximum atomic E-state index is 10.8. The largest absolute Gasteiger partial charge is 2.00 e. The Morgan fingerprint density at radius 3 is 0.514 bits per heavy atom. The zero-order valence-electron chi connectivity index (χ0n) is 37.7. The second-order valence-corrected chi connectivity index (χ2v) is 9.46. The minimum Gasteiger partial charge on any atom is -0.573 e. The van der Waals surface area contributed by atoms with Crippen LogP contribution in [0, 0.1) is 27.7 Å². The van der Waals surface area contributed by atoms with Gasteiger partial charge in [0, 0.05) is 13.8 Å². The maximum Gasteiger partial charge on any atom is 2.00 e. The Hall–Kier alpha value is -5.32. The number of carboxylic acids is 4. The molecular weight excluding hydrogens is 1210 g/mol. The van der Waals surface area contributed by atoms with Crippen LogP contribution < -0.4 is 40.8 Å². The van der Waals surface area contributed by atoms with E-state index in [9.17, 15) is 58.8 Å². The fraction of sp³-hybridized carbons (Fsp3) is 0.286. The number of aromatic carboxylic acids is 4. The molecule has 4 aromatic heterocycles. The van der Waals surface area contributed by atoms with Crippen molar-refractivity contribution in [3.8, 4) is 0 Å². The second kappa shape index (κ2) is 69.9. The van der Waals surface area contributed by atoms with Crippen LogP contribution in [-0.2, 0) is 68.3 Å². The van der Waals surface area contributed by atoms with Crippen LogP contribution in [0.5, 0.6) is 0 Å². The number of Topliss-reactive ketones (excluding diaryl/α,β-unsaturated/α-hetero) is 4. The van der Waals surface area contributed by atoms with Crippen molar-refractivity contribution in [2.45, 2.75) is 55.4 Å². The van der Waals surface area contributed by atoms with E-state index < -0.39 is 23.9 Å². The Balaban J connectivity index is -0.0000000175. The van der Waals surface area contributed by atoms with E-state index in [1.54, 1.807) is 0 Å². The average molecular weight is 1280 g/mol. The molecule has 4 radical (unpaired) electrons. The second-order valence-electron chi connectivity index (χ2n) is 9.46. The summed E-state index contributed by atoms with van der Waals surface area (Å²) in [5.41, 5.74) is 0.377. The van der Waals surface area contributed by atoms with Gasteiger partial charge in [-0.1, -0.05) is 22.8 Å². The van der Waals surface area contributed by atoms with E-state index >= 15 is 0 Å². The molecule has 0 bridgehead atoms. The number of aromatic nitrogens is 8. The Kier molecular flexibility index (Phi) is 153. The van der Waals surface area contributed by atoms with Crippen molar-refractivity contribution in [1.82, 2.24) is 40.8 Å². The Labute approximate surface area is 446 Å². The number of nitrogens with zero attached hydrogens (tertiary/aromatic N) is 8. The number of carbonyl (C=O) groups excluding carboxylic acids is 8. The number of carboxylic acid groups (broad SMARTS) is 4. The number of hydrogen-bond donors (Lipinski definition) is 0. The van der Waals surface area contributed by atoms with Gasteiger partial charge in [0.05, 0.1) is 46.7 Å². The summed E-state index contributed by atoms with van der Waals surface area (Å²) in [5, 5.41) is 68.2. The topological polar surface area (TPSA) is 967 Å². The minimum atomic E-state index is -1.41. The first kappa shape index (κ1) is 158. The van der Waals surface area contributed by atoms with Crippen molar-refractivity contribution < 1.29 is 237 Å². The Bertz CT molecular complexity index is 1560. The molecular formula is C28H64Cu4N8O32. The predicted molar refractivity (Wildman–Crippen MR) is 219 cm³/mol. The van der Waals surface area contributed by atoms with Crippen molar-refractivity contribution >= 4 is 47.0 Å². The fourth-order valence-corrected chi connectivity index (χ4v) is 3.56. The maximum absolute atomic E-state index is 10.8. The molecule has 0 spiro atoms. The molecule has 0 aliphatic rings. The first-order valence-electron chi connectivity index (χ1n) is 13.0. The van der Waals surface area contributed by atoms with Gasteiger partial charge in [-0.05, 0) is 63.8 Å². The van der Waals surface area contributed by atoms with Crippen molar-refractivity contribution in [3.05, 3.63) is 67.8 Å². The monoisotopic (exact) mass is 1280 g/mol. The van der Waals surface area contributed by atoms with Crippen molar-refractivity contribution in [2.24, 2.45) is 0 Å². The third-order valence-corrected chi connectivity index (χ3v) is 5.95. The first-order chi connectivity index (χ1) is 22.1. The summed E-state index contributed by atoms with van der Waals surface area (Å²) in [6.07, 6.45) is 0. The summed E-state index contributed by atoms with van der Waals surface area (Å²) in [6, 6.07) is 0. The SMILES string of the molecule is CC(=O)c1[n-]nc(C(=O)[O-])c1C.CC(=O)c1[n-]nc(C(=O)[O-])c1C.CC(=O)c1n[n-]c(C(=O)[O-])c1C.CC(=O)c1n[n-]c(C(=O)[O-])c1C.O.O.O.O.O.O.O.O.O.O.O.O.O.O.O.O.O.O.O.O.[Cu+2].[Cu+2].[Cu+2].[Cu+2]. The Morgan fingerprint density at radius 1 is 0.278 bits per heavy atom. The number of carbonyl (C=O) groups is 8. The van der Waals surface area contributed by atoms with Gasteiger partial charge in [-0.15, -0.1) is 0 Å². The summed E-state index contributed by atoms with van der Waals surface area (Å²) >= 11 is 0. The van der Waals surface area contributed by atoms with Crippen LogP contribution in [-0.4, -0.2) is 177 Å². The third kappa shape index (κ3) is 42.4. The van der Waals surface area contributed by atoms with Gasteiger partial charge in [0.25, 0.3) is 0 Å². The molecule has 72 heavy (non-hydrogen) atoms. The van der Waals surface area contributed by atoms with Crippen LogP contribution in [0.3, 0.4) is 0 Å². The van der Waals surface area contributed by atoms with Gasteiger partial charge >= 0.3 is 68.3 Å². The molecule has 0 unspecified atom stereocenters. The van der Waals surface area contributed by atoms with Crippen LogP contribution in [0.15, 0.2) is 0 Å². The summed E-state index contributed by atoms with van der Waals surface area (Å²) in [5.74, 6) is -6.83. The number of rotatable bonds is 8. The molecule has 4 rings (SSSR count). The van der Waals surface area contributed by atoms with Crippen molar-refractivity contribution in [2.75, 3.05) is 0 Å². The summed E-state index contributed by atoms with van der Waals surface area (Å²) in [7, 11) is 0. The molecule has 44 heteroatoms. The molecule has 0 saturated carbocycles. The van der Waals surface area contributed by atoms with Gasteiger partial charge in [0.2, 0.25) is 0 Å². The van der Waals surface area contributed by atoms with E-state index in [0.717, 1.165) is 0 Å². The normalized spacial score (nSPS) is 6.56. The van der Waals surface area contributed by atoms with Gasteiger partial charge in [0.15, 0.2) is 11.6 Å². The van der Waals surface area contributed by atoms with E-state index in [1.807, 2.05) is 0 Å². The minimum absolute atomic E-state index is 0. The molecule has 40 nitrogen and oxygen atoms in total. The van der Waals surface area contributed by atoms with Gasteiger partial charge < -0.3 is 190 Å². The molecule has 0 amide bonds. The molecule has 0 saturated heterocycles. The van der Waals surface area contributed by atoms with Crippen molar-refractivity contribution in [3.63, 3.8) is 0 Å². The molecule has 0 atom stereocenters. The molecule has 40 N–H and O–H groups in total. The average Bonchev–Trinajstić information content (AvgIpc) is 3.74. The predicted octanol–water partition coefficient (Wildman–Crippen LogP) is -20.9. The van der Waals surface area contributed by atoms with E-state index in [4.69, 9.17) is 0 Å². The zero-order chi connectivity index (χ0) is 37.2. The smallest absolute Gasteiger partial charge is 0.573 e. The molecule has 0 aliphatic heterocycles. The molecule has 4 aromatic rings. The van der Waals surface area contributed by atoms with Gasteiger partial charge in [-0.3, -0.25) is 19.2 Å². The standard InChI is InChI=1S/4C7H8N2O3.4Cu.20H2O/c4*1-3-5(4(2)10)8-9-6(3)7(11)12;;;;;;;;;;;;;;;;;;;;;;;;/h4*1-2H3,(H2,8,9,10,11,12);;;;;20*1H2/q;;;;4*+2;;;;;;;;;;;;;;;;;;;;/p-8. The summed E-state index contributed by atoms with van der Waals surface area (Å²) in [6.45, 7) is 11.1. The number of hydrogen-bond acceptors (Lipinski definition) is 16. The van der Waals surface area contributed by atoms with Gasteiger partial charge in [-0.25, -0.2) is 0 Å². The summed E-state index contributed by atoms with van der Waals surface area (Å²) < 4.78 is 0.